The second-order valence-electron chi connectivity index (χ2n) is 2.57. The molecule has 0 heterocycles. The largest absolute Gasteiger partial charge is 2.00 e. The second-order valence-corrected chi connectivity index (χ2v) is 2.57. The Kier molecular flexibility index (Phi) is 26.5. The zero-order chi connectivity index (χ0) is 11.2. The van der Waals surface area contributed by atoms with Crippen LogP contribution in [-0.4, -0.2) is 45.2 Å². The van der Waals surface area contributed by atoms with E-state index in [9.17, 15) is 0 Å². The molecule has 0 amide bonds. The molecule has 0 rings (SSSR count). The van der Waals surface area contributed by atoms with Gasteiger partial charge in [0.25, 0.3) is 0 Å². The molecule has 0 fully saturated rings. The van der Waals surface area contributed by atoms with Crippen LogP contribution in [0.25, 0.3) is 0 Å². The molecule has 7 heteroatoms. The van der Waals surface area contributed by atoms with E-state index in [0.29, 0.717) is 13.1 Å². The summed E-state index contributed by atoms with van der Waals surface area (Å²) in [7, 11) is 0. The maximum Gasteiger partial charge on any atom is 2.00 e. The normalized spacial score (nSPS) is 8.47. The third kappa shape index (κ3) is 41.3. The number of carboxylic acids is 1. The smallest absolute Gasteiger partial charge is 0.550 e. The fraction of sp³-hybridized carbons (Fsp3) is 0.875. The Labute approximate surface area is 104 Å². The van der Waals surface area contributed by atoms with Crippen molar-refractivity contribution in [1.82, 2.24) is 10.6 Å². The van der Waals surface area contributed by atoms with E-state index in [2.05, 4.69) is 10.6 Å². The molecule has 0 atom stereocenters. The number of carboxylic acid groups (broad SMARTS) is 1. The maximum absolute atomic E-state index is 8.89. The fourth-order valence-electron chi connectivity index (χ4n) is 0.631. The molecule has 6 N–H and O–H groups in total. The van der Waals surface area contributed by atoms with Crippen molar-refractivity contribution in [1.29, 1.82) is 0 Å². The molecule has 15 heavy (non-hydrogen) atoms. The van der Waals surface area contributed by atoms with E-state index in [1.807, 2.05) is 0 Å². The summed E-state index contributed by atoms with van der Waals surface area (Å²) < 4.78 is 0. The van der Waals surface area contributed by atoms with Gasteiger partial charge in [0.1, 0.15) is 0 Å². The molecular weight excluding hydrogens is 250 g/mol. The van der Waals surface area contributed by atoms with Crippen LogP contribution in [0, 0.1) is 0 Å². The molecule has 86 valence electrons. The number of nitrogens with one attached hydrogen (secondary N) is 2. The molecule has 0 aliphatic carbocycles. The summed E-state index contributed by atoms with van der Waals surface area (Å²) in [4.78, 5) is 8.89. The van der Waals surface area contributed by atoms with Crippen molar-refractivity contribution in [2.75, 3.05) is 39.3 Å². The quantitative estimate of drug-likeness (QED) is 0.287. The van der Waals surface area contributed by atoms with Crippen molar-refractivity contribution in [2.24, 2.45) is 11.5 Å². The fourth-order valence-corrected chi connectivity index (χ4v) is 0.631. The van der Waals surface area contributed by atoms with Gasteiger partial charge in [-0.3, -0.25) is 0 Å². The molecule has 0 spiro atoms. The number of hydrogen-bond donors (Lipinski definition) is 4. The van der Waals surface area contributed by atoms with Crippen LogP contribution in [0.2, 0.25) is 0 Å². The van der Waals surface area contributed by atoms with Gasteiger partial charge in [-0.1, -0.05) is 0 Å². The zero-order valence-electron chi connectivity index (χ0n) is 9.42. The van der Waals surface area contributed by atoms with Gasteiger partial charge in [-0.2, -0.15) is 0 Å². The molecule has 0 bridgehead atoms. The summed E-state index contributed by atoms with van der Waals surface area (Å²) in [5.41, 5.74) is 10.5. The topological polar surface area (TPSA) is 116 Å². The van der Waals surface area contributed by atoms with Crippen LogP contribution in [0.3, 0.4) is 0 Å². The third-order valence-electron chi connectivity index (χ3n) is 1.12. The van der Waals surface area contributed by atoms with Crippen molar-refractivity contribution in [3.8, 4) is 0 Å². The molecule has 0 saturated carbocycles. The molecule has 6 nitrogen and oxygen atoms in total. The molecule has 0 aliphatic heterocycles. The standard InChI is InChI=1S/C6H18N4.C2H4O2.Zn/c7-1-3-9-5-6-10-4-2-8;1-2(3)4;/h9-10H,1-8H2;1H3,(H,3,4);/q;;+2/p-1. The van der Waals surface area contributed by atoms with Gasteiger partial charge >= 0.3 is 19.5 Å². The van der Waals surface area contributed by atoms with Crippen molar-refractivity contribution in [3.63, 3.8) is 0 Å². The Morgan fingerprint density at radius 1 is 1.07 bits per heavy atom. The number of nitrogens with two attached hydrogens (primary N) is 2. The van der Waals surface area contributed by atoms with Gasteiger partial charge in [-0.05, 0) is 6.92 Å². The minimum Gasteiger partial charge on any atom is -0.550 e. The monoisotopic (exact) mass is 269 g/mol. The summed E-state index contributed by atoms with van der Waals surface area (Å²) in [5.74, 6) is -1.08. The van der Waals surface area contributed by atoms with E-state index in [1.54, 1.807) is 0 Å². The Morgan fingerprint density at radius 3 is 1.53 bits per heavy atom. The summed E-state index contributed by atoms with van der Waals surface area (Å²) in [6.45, 7) is 6.11. The minimum atomic E-state index is -1.08. The summed E-state index contributed by atoms with van der Waals surface area (Å²) in [6.07, 6.45) is 0. The van der Waals surface area contributed by atoms with Gasteiger partial charge in [0.05, 0.1) is 0 Å². The first-order valence-corrected chi connectivity index (χ1v) is 4.64. The number of hydrogen-bond acceptors (Lipinski definition) is 6. The predicted molar refractivity (Wildman–Crippen MR) is 54.5 cm³/mol. The number of rotatable bonds is 7. The summed E-state index contributed by atoms with van der Waals surface area (Å²) in [5, 5.41) is 15.2. The Morgan fingerprint density at radius 2 is 1.33 bits per heavy atom. The van der Waals surface area contributed by atoms with Crippen molar-refractivity contribution >= 4 is 5.97 Å². The van der Waals surface area contributed by atoms with Gasteiger partial charge in [0.15, 0.2) is 0 Å². The van der Waals surface area contributed by atoms with Crippen LogP contribution in [0.4, 0.5) is 0 Å². The third-order valence-corrected chi connectivity index (χ3v) is 1.12. The van der Waals surface area contributed by atoms with Gasteiger partial charge in [0, 0.05) is 45.2 Å². The molecule has 0 aromatic heterocycles. The number of aliphatic carboxylic acids is 1. The average Bonchev–Trinajstić information content (AvgIpc) is 2.10. The van der Waals surface area contributed by atoms with Crippen LogP contribution in [0.5, 0.6) is 0 Å². The van der Waals surface area contributed by atoms with E-state index in [1.165, 1.54) is 0 Å². The minimum absolute atomic E-state index is 0. The van der Waals surface area contributed by atoms with Gasteiger partial charge < -0.3 is 32.0 Å². The predicted octanol–water partition coefficient (Wildman–Crippen LogP) is -3.16. The van der Waals surface area contributed by atoms with Gasteiger partial charge in [-0.15, -0.1) is 0 Å². The van der Waals surface area contributed by atoms with Crippen LogP contribution in [0.1, 0.15) is 6.92 Å². The Bertz CT molecular complexity index is 115. The first-order valence-electron chi connectivity index (χ1n) is 4.64. The second kappa shape index (κ2) is 19.5. The van der Waals surface area contributed by atoms with Crippen LogP contribution in [-0.2, 0) is 24.3 Å². The van der Waals surface area contributed by atoms with Gasteiger partial charge in [-0.25, -0.2) is 0 Å². The molecule has 0 radical (unpaired) electrons. The van der Waals surface area contributed by atoms with E-state index in [-0.39, 0.29) is 19.5 Å². The molecule has 0 unspecified atom stereocenters. The maximum atomic E-state index is 8.89. The Hall–Kier alpha value is -0.0666. The van der Waals surface area contributed by atoms with Crippen LogP contribution in [0.15, 0.2) is 0 Å². The van der Waals surface area contributed by atoms with E-state index < -0.39 is 5.97 Å². The SMILES string of the molecule is CC(=O)[O-].NCCNCCNCCN.[Zn+2]. The van der Waals surface area contributed by atoms with Crippen molar-refractivity contribution in [2.45, 2.75) is 6.92 Å². The molecule has 0 aromatic rings. The zero-order valence-corrected chi connectivity index (χ0v) is 12.4. The Balaban J connectivity index is -0.000000249. The number of carbonyl (C=O) groups is 1. The first-order chi connectivity index (χ1) is 6.65. The van der Waals surface area contributed by atoms with E-state index in [0.717, 1.165) is 33.1 Å². The molecule has 0 saturated heterocycles. The van der Waals surface area contributed by atoms with Crippen LogP contribution >= 0.6 is 0 Å². The van der Waals surface area contributed by atoms with Crippen molar-refractivity contribution in [3.05, 3.63) is 0 Å². The molecular formula is C8H21N4O2Zn+. The molecule has 0 aliphatic rings. The number of carbonyl (C=O) groups excluding carboxylic acids is 1. The van der Waals surface area contributed by atoms with Crippen LogP contribution < -0.4 is 27.2 Å². The van der Waals surface area contributed by atoms with E-state index >= 15 is 0 Å². The first kappa shape index (κ1) is 20.4. The van der Waals surface area contributed by atoms with E-state index in [4.69, 9.17) is 21.4 Å². The van der Waals surface area contributed by atoms with Gasteiger partial charge in [0.2, 0.25) is 0 Å². The summed E-state index contributed by atoms with van der Waals surface area (Å²) >= 11 is 0. The van der Waals surface area contributed by atoms with Crippen molar-refractivity contribution < 1.29 is 29.4 Å². The average molecular weight is 271 g/mol. The summed E-state index contributed by atoms with van der Waals surface area (Å²) in [6, 6.07) is 0. The molecule has 0 aromatic carbocycles.